The van der Waals surface area contributed by atoms with Gasteiger partial charge in [-0.3, -0.25) is 0 Å². The van der Waals surface area contributed by atoms with Gasteiger partial charge in [-0.1, -0.05) is 48.1 Å². The highest BCUT2D eigenvalue weighted by Gasteiger charge is 2.25. The molecule has 0 spiro atoms. The molecular weight excluding hydrogens is 211 g/mol. The minimum absolute atomic E-state index is 0.463. The Morgan fingerprint density at radius 1 is 1.19 bits per heavy atom. The van der Waals surface area contributed by atoms with E-state index in [1.165, 1.54) is 27.8 Å². The van der Waals surface area contributed by atoms with Crippen molar-refractivity contribution in [3.05, 3.63) is 64.8 Å². The SMILES string of the molecule is Cc1ccc2c(c1)C1=C(C=CCC=C1)C2P. The van der Waals surface area contributed by atoms with Gasteiger partial charge in [0, 0.05) is 5.66 Å². The molecule has 0 N–H and O–H groups in total. The third-order valence-corrected chi connectivity index (χ3v) is 4.05. The van der Waals surface area contributed by atoms with Crippen LogP contribution in [0.25, 0.3) is 5.57 Å². The molecule has 2 aliphatic carbocycles. The summed E-state index contributed by atoms with van der Waals surface area (Å²) in [5, 5.41) is 0. The smallest absolute Gasteiger partial charge is 0.0246 e. The molecule has 0 radical (unpaired) electrons. The van der Waals surface area contributed by atoms with Gasteiger partial charge < -0.3 is 0 Å². The van der Waals surface area contributed by atoms with Crippen LogP contribution in [-0.4, -0.2) is 0 Å². The number of benzene rings is 1. The third-order valence-electron chi connectivity index (χ3n) is 3.33. The van der Waals surface area contributed by atoms with Crippen LogP contribution in [0.3, 0.4) is 0 Å². The molecule has 16 heavy (non-hydrogen) atoms. The molecule has 0 saturated carbocycles. The monoisotopic (exact) mass is 226 g/mol. The second-order valence-electron chi connectivity index (χ2n) is 4.48. The van der Waals surface area contributed by atoms with E-state index < -0.39 is 0 Å². The predicted octanol–water partition coefficient (Wildman–Crippen LogP) is 4.19. The van der Waals surface area contributed by atoms with Gasteiger partial charge in [0.25, 0.3) is 0 Å². The lowest BCUT2D eigenvalue weighted by atomic mass is 10.0. The Hall–Kier alpha value is -1.13. The van der Waals surface area contributed by atoms with E-state index in [2.05, 4.69) is 58.7 Å². The number of allylic oxidation sites excluding steroid dienone is 6. The van der Waals surface area contributed by atoms with Crippen LogP contribution >= 0.6 is 9.24 Å². The summed E-state index contributed by atoms with van der Waals surface area (Å²) in [5.41, 5.74) is 7.51. The van der Waals surface area contributed by atoms with Crippen LogP contribution in [0.2, 0.25) is 0 Å². The zero-order valence-corrected chi connectivity index (χ0v) is 10.6. The summed E-state index contributed by atoms with van der Waals surface area (Å²) in [6.45, 7) is 2.16. The highest BCUT2D eigenvalue weighted by atomic mass is 31.0. The molecule has 0 fully saturated rings. The zero-order chi connectivity index (χ0) is 11.1. The van der Waals surface area contributed by atoms with Crippen LogP contribution in [0.4, 0.5) is 0 Å². The van der Waals surface area contributed by atoms with E-state index >= 15 is 0 Å². The van der Waals surface area contributed by atoms with Crippen molar-refractivity contribution < 1.29 is 0 Å². The molecular formula is C15H15P. The Labute approximate surface area is 99.0 Å². The summed E-state index contributed by atoms with van der Waals surface area (Å²) < 4.78 is 0. The maximum absolute atomic E-state index is 2.97. The van der Waals surface area contributed by atoms with Crippen molar-refractivity contribution in [1.29, 1.82) is 0 Å². The first-order chi connectivity index (χ1) is 7.77. The molecule has 1 aromatic carbocycles. The molecule has 0 bridgehead atoms. The first-order valence-corrected chi connectivity index (χ1v) is 6.38. The number of hydrogen-bond donors (Lipinski definition) is 0. The molecule has 0 aliphatic heterocycles. The van der Waals surface area contributed by atoms with Gasteiger partial charge in [0.05, 0.1) is 0 Å². The van der Waals surface area contributed by atoms with Crippen molar-refractivity contribution in [3.8, 4) is 0 Å². The maximum atomic E-state index is 2.97. The van der Waals surface area contributed by atoms with Crippen molar-refractivity contribution in [3.63, 3.8) is 0 Å². The summed E-state index contributed by atoms with van der Waals surface area (Å²) in [7, 11) is 2.97. The molecule has 80 valence electrons. The number of rotatable bonds is 0. The van der Waals surface area contributed by atoms with Crippen molar-refractivity contribution in [2.45, 2.75) is 19.0 Å². The standard InChI is InChI=1S/C15H15P/c1-10-7-8-13-14(9-10)11-5-3-2-4-6-12(11)15(13)16/h3-9,15H,2,16H2,1H3. The molecule has 0 heterocycles. The van der Waals surface area contributed by atoms with Crippen molar-refractivity contribution in [1.82, 2.24) is 0 Å². The van der Waals surface area contributed by atoms with Crippen molar-refractivity contribution in [2.24, 2.45) is 0 Å². The van der Waals surface area contributed by atoms with E-state index in [1.54, 1.807) is 0 Å². The zero-order valence-electron chi connectivity index (χ0n) is 9.40. The van der Waals surface area contributed by atoms with Crippen LogP contribution in [-0.2, 0) is 0 Å². The van der Waals surface area contributed by atoms with Crippen LogP contribution in [0.15, 0.2) is 48.1 Å². The molecule has 0 amide bonds. The van der Waals surface area contributed by atoms with Gasteiger partial charge in [0.2, 0.25) is 0 Å². The number of aryl methyl sites for hydroxylation is 1. The van der Waals surface area contributed by atoms with Gasteiger partial charge in [-0.05, 0) is 35.6 Å². The normalized spacial score (nSPS) is 22.0. The molecule has 0 nitrogen and oxygen atoms in total. The summed E-state index contributed by atoms with van der Waals surface area (Å²) in [6.07, 6.45) is 10.1. The minimum atomic E-state index is 0.463. The second-order valence-corrected chi connectivity index (χ2v) is 5.14. The van der Waals surface area contributed by atoms with Gasteiger partial charge in [-0.25, -0.2) is 0 Å². The molecule has 2 aliphatic rings. The van der Waals surface area contributed by atoms with Crippen molar-refractivity contribution in [2.75, 3.05) is 0 Å². The Kier molecular flexibility index (Phi) is 2.33. The van der Waals surface area contributed by atoms with E-state index in [-0.39, 0.29) is 0 Å². The highest BCUT2D eigenvalue weighted by molar-refractivity contribution is 7.17. The van der Waals surface area contributed by atoms with Gasteiger partial charge in [-0.2, -0.15) is 0 Å². The van der Waals surface area contributed by atoms with Gasteiger partial charge in [0.15, 0.2) is 0 Å². The fraction of sp³-hybridized carbons (Fsp3) is 0.200. The highest BCUT2D eigenvalue weighted by Crippen LogP contribution is 2.47. The van der Waals surface area contributed by atoms with E-state index in [9.17, 15) is 0 Å². The molecule has 2 unspecified atom stereocenters. The fourth-order valence-electron chi connectivity index (χ4n) is 2.50. The van der Waals surface area contributed by atoms with Gasteiger partial charge in [-0.15, -0.1) is 9.24 Å². The summed E-state index contributed by atoms with van der Waals surface area (Å²) >= 11 is 0. The summed E-state index contributed by atoms with van der Waals surface area (Å²) in [6, 6.07) is 6.77. The molecule has 0 aromatic heterocycles. The average molecular weight is 226 g/mol. The van der Waals surface area contributed by atoms with E-state index in [4.69, 9.17) is 0 Å². The Balaban J connectivity index is 2.25. The Morgan fingerprint density at radius 2 is 2.00 bits per heavy atom. The summed E-state index contributed by atoms with van der Waals surface area (Å²) in [5.74, 6) is 0. The van der Waals surface area contributed by atoms with Crippen LogP contribution < -0.4 is 0 Å². The lowest BCUT2D eigenvalue weighted by Crippen LogP contribution is -1.88. The van der Waals surface area contributed by atoms with E-state index in [0.717, 1.165) is 6.42 Å². The maximum Gasteiger partial charge on any atom is 0.0246 e. The van der Waals surface area contributed by atoms with Gasteiger partial charge in [0.1, 0.15) is 0 Å². The Bertz CT molecular complexity index is 532. The summed E-state index contributed by atoms with van der Waals surface area (Å²) in [4.78, 5) is 0. The van der Waals surface area contributed by atoms with E-state index in [1.807, 2.05) is 0 Å². The first kappa shape index (κ1) is 10.1. The predicted molar refractivity (Wildman–Crippen MR) is 73.4 cm³/mol. The number of hydrogen-bond acceptors (Lipinski definition) is 0. The molecule has 1 heteroatoms. The van der Waals surface area contributed by atoms with Crippen LogP contribution in [0, 0.1) is 6.92 Å². The molecule has 0 saturated heterocycles. The topological polar surface area (TPSA) is 0 Å². The fourth-order valence-corrected chi connectivity index (χ4v) is 3.09. The van der Waals surface area contributed by atoms with E-state index in [0.29, 0.717) is 5.66 Å². The Morgan fingerprint density at radius 3 is 2.88 bits per heavy atom. The molecule has 1 aromatic rings. The first-order valence-electron chi connectivity index (χ1n) is 5.71. The van der Waals surface area contributed by atoms with Gasteiger partial charge >= 0.3 is 0 Å². The lowest BCUT2D eigenvalue weighted by Gasteiger charge is -2.07. The molecule has 2 atom stereocenters. The largest absolute Gasteiger partial charge is 0.125 e. The minimum Gasteiger partial charge on any atom is -0.125 e. The van der Waals surface area contributed by atoms with Crippen LogP contribution in [0.1, 0.15) is 28.8 Å². The quantitative estimate of drug-likeness (QED) is 0.582. The van der Waals surface area contributed by atoms with Crippen molar-refractivity contribution >= 4 is 14.8 Å². The average Bonchev–Trinajstić information content (AvgIpc) is 2.47. The van der Waals surface area contributed by atoms with Crippen LogP contribution in [0.5, 0.6) is 0 Å². The third kappa shape index (κ3) is 1.41. The number of fused-ring (bicyclic) bond motifs is 2. The molecule has 3 rings (SSSR count). The second kappa shape index (κ2) is 3.71. The lowest BCUT2D eigenvalue weighted by molar-refractivity contribution is 1.19.